The molecule has 29 heavy (non-hydrogen) atoms. The molecule has 1 fully saturated rings. The molecule has 0 aliphatic carbocycles. The number of thiazole rings is 1. The SMILES string of the molecule is CCSc1ccc(CC(=O)N2CCN(c3nc4c(CC)cccc4s3)CC2)cc1. The standard InChI is InChI=1S/C23H27N3OS2/c1-3-18-6-5-7-20-22(18)24-23(29-20)26-14-12-25(13-15-26)21(27)16-17-8-10-19(11-9-17)28-4-2/h5-11H,3-4,12-16H2,1-2H3. The molecule has 1 aliphatic heterocycles. The van der Waals surface area contributed by atoms with Crippen LogP contribution in [0, 0.1) is 0 Å². The number of thioether (sulfide) groups is 1. The normalized spacial score (nSPS) is 14.6. The Balaban J connectivity index is 1.36. The number of amides is 1. The first-order chi connectivity index (χ1) is 14.2. The van der Waals surface area contributed by atoms with Gasteiger partial charge in [-0.2, -0.15) is 0 Å². The molecule has 0 bridgehead atoms. The van der Waals surface area contributed by atoms with Crippen molar-refractivity contribution >= 4 is 44.4 Å². The van der Waals surface area contributed by atoms with Gasteiger partial charge in [0.25, 0.3) is 0 Å². The third-order valence-electron chi connectivity index (χ3n) is 5.36. The zero-order chi connectivity index (χ0) is 20.2. The molecule has 0 spiro atoms. The molecule has 2 heterocycles. The van der Waals surface area contributed by atoms with E-state index in [0.717, 1.165) is 54.6 Å². The molecule has 4 rings (SSSR count). The van der Waals surface area contributed by atoms with Crippen LogP contribution in [0.25, 0.3) is 10.2 Å². The summed E-state index contributed by atoms with van der Waals surface area (Å²) in [6.45, 7) is 7.55. The number of rotatable bonds is 6. The quantitative estimate of drug-likeness (QED) is 0.529. The number of para-hydroxylation sites is 1. The number of aryl methyl sites for hydroxylation is 1. The zero-order valence-corrected chi connectivity index (χ0v) is 18.7. The van der Waals surface area contributed by atoms with Crippen LogP contribution in [0.1, 0.15) is 25.0 Å². The summed E-state index contributed by atoms with van der Waals surface area (Å²) in [5.74, 6) is 1.29. The number of fused-ring (bicyclic) bond motifs is 1. The second kappa shape index (κ2) is 9.18. The minimum atomic E-state index is 0.220. The minimum absolute atomic E-state index is 0.220. The number of benzene rings is 2. The highest BCUT2D eigenvalue weighted by atomic mass is 32.2. The lowest BCUT2D eigenvalue weighted by atomic mass is 10.1. The number of anilines is 1. The van der Waals surface area contributed by atoms with Crippen molar-refractivity contribution in [3.05, 3.63) is 53.6 Å². The number of carbonyl (C=O) groups excluding carboxylic acids is 1. The van der Waals surface area contributed by atoms with E-state index in [1.165, 1.54) is 15.2 Å². The van der Waals surface area contributed by atoms with Gasteiger partial charge in [-0.15, -0.1) is 11.8 Å². The summed E-state index contributed by atoms with van der Waals surface area (Å²) in [5.41, 5.74) is 3.54. The van der Waals surface area contributed by atoms with E-state index in [9.17, 15) is 4.79 Å². The molecule has 152 valence electrons. The lowest BCUT2D eigenvalue weighted by Gasteiger charge is -2.34. The summed E-state index contributed by atoms with van der Waals surface area (Å²) in [7, 11) is 0. The molecular formula is C23H27N3OS2. The van der Waals surface area contributed by atoms with E-state index < -0.39 is 0 Å². The topological polar surface area (TPSA) is 36.4 Å². The summed E-state index contributed by atoms with van der Waals surface area (Å²) in [5, 5.41) is 1.08. The van der Waals surface area contributed by atoms with E-state index in [1.807, 2.05) is 16.7 Å². The van der Waals surface area contributed by atoms with Gasteiger partial charge in [-0.1, -0.05) is 49.4 Å². The maximum absolute atomic E-state index is 12.7. The highest BCUT2D eigenvalue weighted by molar-refractivity contribution is 7.99. The van der Waals surface area contributed by atoms with Gasteiger partial charge in [-0.3, -0.25) is 4.79 Å². The molecule has 1 aromatic heterocycles. The largest absolute Gasteiger partial charge is 0.345 e. The fourth-order valence-electron chi connectivity index (χ4n) is 3.72. The predicted octanol–water partition coefficient (Wildman–Crippen LogP) is 4.86. The van der Waals surface area contributed by atoms with Crippen LogP contribution in [0.4, 0.5) is 5.13 Å². The molecule has 4 nitrogen and oxygen atoms in total. The van der Waals surface area contributed by atoms with Crippen molar-refractivity contribution < 1.29 is 4.79 Å². The Labute approximate surface area is 180 Å². The molecule has 0 N–H and O–H groups in total. The van der Waals surface area contributed by atoms with Crippen LogP contribution in [0.5, 0.6) is 0 Å². The monoisotopic (exact) mass is 425 g/mol. The molecule has 1 saturated heterocycles. The number of hydrogen-bond acceptors (Lipinski definition) is 5. The van der Waals surface area contributed by atoms with Crippen LogP contribution >= 0.6 is 23.1 Å². The van der Waals surface area contributed by atoms with E-state index >= 15 is 0 Å². The Hall–Kier alpha value is -2.05. The van der Waals surface area contributed by atoms with E-state index in [0.29, 0.717) is 6.42 Å². The summed E-state index contributed by atoms with van der Waals surface area (Å²) < 4.78 is 1.25. The van der Waals surface area contributed by atoms with Crippen LogP contribution in [0.3, 0.4) is 0 Å². The van der Waals surface area contributed by atoms with Gasteiger partial charge in [-0.25, -0.2) is 4.98 Å². The van der Waals surface area contributed by atoms with Crippen molar-refractivity contribution in [1.29, 1.82) is 0 Å². The van der Waals surface area contributed by atoms with Gasteiger partial charge in [0, 0.05) is 31.1 Å². The Morgan fingerprint density at radius 2 is 1.83 bits per heavy atom. The third kappa shape index (κ3) is 4.59. The molecule has 0 saturated carbocycles. The van der Waals surface area contributed by atoms with Crippen molar-refractivity contribution in [1.82, 2.24) is 9.88 Å². The van der Waals surface area contributed by atoms with Gasteiger partial charge >= 0.3 is 0 Å². The molecule has 0 radical (unpaired) electrons. The van der Waals surface area contributed by atoms with Gasteiger partial charge in [0.05, 0.1) is 16.6 Å². The smallest absolute Gasteiger partial charge is 0.227 e. The molecule has 2 aromatic carbocycles. The first-order valence-electron chi connectivity index (χ1n) is 10.3. The zero-order valence-electron chi connectivity index (χ0n) is 17.1. The first kappa shape index (κ1) is 20.2. The van der Waals surface area contributed by atoms with Crippen LogP contribution in [0.2, 0.25) is 0 Å². The molecule has 3 aromatic rings. The van der Waals surface area contributed by atoms with E-state index in [4.69, 9.17) is 4.98 Å². The number of nitrogens with zero attached hydrogens (tertiary/aromatic N) is 3. The highest BCUT2D eigenvalue weighted by Crippen LogP contribution is 2.31. The van der Waals surface area contributed by atoms with Crippen molar-refractivity contribution in [2.45, 2.75) is 31.6 Å². The highest BCUT2D eigenvalue weighted by Gasteiger charge is 2.23. The number of piperazine rings is 1. The van der Waals surface area contributed by atoms with Crippen molar-refractivity contribution in [2.24, 2.45) is 0 Å². The van der Waals surface area contributed by atoms with Gasteiger partial charge in [0.15, 0.2) is 5.13 Å². The average molecular weight is 426 g/mol. The Morgan fingerprint density at radius 3 is 2.52 bits per heavy atom. The van der Waals surface area contributed by atoms with Gasteiger partial charge in [0.2, 0.25) is 5.91 Å². The molecule has 1 aliphatic rings. The molecule has 6 heteroatoms. The van der Waals surface area contributed by atoms with Crippen LogP contribution in [-0.2, 0) is 17.6 Å². The number of aromatic nitrogens is 1. The fraction of sp³-hybridized carbons (Fsp3) is 0.391. The maximum atomic E-state index is 12.7. The lowest BCUT2D eigenvalue weighted by molar-refractivity contribution is -0.130. The maximum Gasteiger partial charge on any atom is 0.227 e. The van der Waals surface area contributed by atoms with Gasteiger partial charge < -0.3 is 9.80 Å². The Bertz CT molecular complexity index is 975. The molecule has 1 amide bonds. The molecule has 0 unspecified atom stereocenters. The number of hydrogen-bond donors (Lipinski definition) is 0. The number of carbonyl (C=O) groups is 1. The summed E-state index contributed by atoms with van der Waals surface area (Å²) in [4.78, 5) is 23.2. The van der Waals surface area contributed by atoms with Crippen molar-refractivity contribution in [2.75, 3.05) is 36.8 Å². The van der Waals surface area contributed by atoms with E-state index in [2.05, 4.69) is 61.2 Å². The summed E-state index contributed by atoms with van der Waals surface area (Å²) in [6, 6.07) is 14.8. The molecular weight excluding hydrogens is 398 g/mol. The summed E-state index contributed by atoms with van der Waals surface area (Å²) >= 11 is 3.59. The van der Waals surface area contributed by atoms with Crippen LogP contribution in [0.15, 0.2) is 47.4 Å². The van der Waals surface area contributed by atoms with E-state index in [1.54, 1.807) is 11.3 Å². The fourth-order valence-corrected chi connectivity index (χ4v) is 5.45. The third-order valence-corrected chi connectivity index (χ3v) is 7.34. The second-order valence-corrected chi connectivity index (χ2v) is 9.58. The lowest BCUT2D eigenvalue weighted by Crippen LogP contribution is -2.49. The van der Waals surface area contributed by atoms with Crippen LogP contribution < -0.4 is 4.90 Å². The van der Waals surface area contributed by atoms with E-state index in [-0.39, 0.29) is 5.91 Å². The van der Waals surface area contributed by atoms with Gasteiger partial charge in [-0.05, 0) is 41.5 Å². The Kier molecular flexibility index (Phi) is 6.40. The van der Waals surface area contributed by atoms with Crippen molar-refractivity contribution in [3.63, 3.8) is 0 Å². The first-order valence-corrected chi connectivity index (χ1v) is 12.1. The molecule has 0 atom stereocenters. The predicted molar refractivity (Wildman–Crippen MR) is 124 cm³/mol. The van der Waals surface area contributed by atoms with Gasteiger partial charge in [0.1, 0.15) is 0 Å². The summed E-state index contributed by atoms with van der Waals surface area (Å²) in [6.07, 6.45) is 1.49. The second-order valence-electron chi connectivity index (χ2n) is 7.24. The minimum Gasteiger partial charge on any atom is -0.345 e. The Morgan fingerprint density at radius 1 is 1.07 bits per heavy atom. The van der Waals surface area contributed by atoms with Crippen molar-refractivity contribution in [3.8, 4) is 0 Å². The average Bonchev–Trinajstić information content (AvgIpc) is 3.20. The van der Waals surface area contributed by atoms with Crippen LogP contribution in [-0.4, -0.2) is 47.7 Å².